The molecule has 4 heteroatoms. The number of fused-ring (bicyclic) bond motifs is 1. The number of imidazole rings is 1. The predicted octanol–water partition coefficient (Wildman–Crippen LogP) is 1.05. The van der Waals surface area contributed by atoms with E-state index < -0.39 is 0 Å². The summed E-state index contributed by atoms with van der Waals surface area (Å²) in [5.74, 6) is -0.269. The Morgan fingerprint density at radius 1 is 1.57 bits per heavy atom. The first-order valence-electron chi connectivity index (χ1n) is 4.28. The molecule has 0 aliphatic rings. The van der Waals surface area contributed by atoms with Crippen LogP contribution in [0.15, 0.2) is 30.7 Å². The number of aromatic nitrogens is 2. The van der Waals surface area contributed by atoms with E-state index in [1.807, 2.05) is 28.8 Å². The number of ether oxygens (including phenoxy) is 1. The van der Waals surface area contributed by atoms with Gasteiger partial charge in [-0.2, -0.15) is 0 Å². The molecule has 0 unspecified atom stereocenters. The van der Waals surface area contributed by atoms with Gasteiger partial charge in [-0.05, 0) is 12.1 Å². The maximum Gasteiger partial charge on any atom is 0.311 e. The fourth-order valence-electron chi connectivity index (χ4n) is 1.34. The lowest BCUT2D eigenvalue weighted by Gasteiger charge is -1.96. The van der Waals surface area contributed by atoms with E-state index in [-0.39, 0.29) is 12.4 Å². The van der Waals surface area contributed by atoms with E-state index in [0.717, 1.165) is 11.2 Å². The van der Waals surface area contributed by atoms with Crippen molar-refractivity contribution in [1.82, 2.24) is 9.38 Å². The summed E-state index contributed by atoms with van der Waals surface area (Å²) in [6.07, 6.45) is 3.80. The SMILES string of the molecule is COC(=O)Cc1ncn2ccccc12. The van der Waals surface area contributed by atoms with Crippen molar-refractivity contribution >= 4 is 11.5 Å². The van der Waals surface area contributed by atoms with E-state index in [9.17, 15) is 4.79 Å². The van der Waals surface area contributed by atoms with E-state index in [0.29, 0.717) is 0 Å². The van der Waals surface area contributed by atoms with E-state index in [2.05, 4.69) is 9.72 Å². The second-order valence-corrected chi connectivity index (χ2v) is 2.94. The summed E-state index contributed by atoms with van der Waals surface area (Å²) in [6, 6.07) is 5.75. The molecule has 2 heterocycles. The van der Waals surface area contributed by atoms with Crippen molar-refractivity contribution in [3.8, 4) is 0 Å². The highest BCUT2D eigenvalue weighted by molar-refractivity contribution is 5.74. The zero-order valence-electron chi connectivity index (χ0n) is 7.80. The van der Waals surface area contributed by atoms with Crippen LogP contribution >= 0.6 is 0 Å². The largest absolute Gasteiger partial charge is 0.469 e. The highest BCUT2D eigenvalue weighted by Crippen LogP contribution is 2.09. The molecule has 2 aromatic heterocycles. The third-order valence-electron chi connectivity index (χ3n) is 2.06. The summed E-state index contributed by atoms with van der Waals surface area (Å²) in [5.41, 5.74) is 1.69. The lowest BCUT2D eigenvalue weighted by Crippen LogP contribution is -2.04. The van der Waals surface area contributed by atoms with Crippen LogP contribution in [0.2, 0.25) is 0 Å². The quantitative estimate of drug-likeness (QED) is 0.665. The summed E-state index contributed by atoms with van der Waals surface area (Å²) >= 11 is 0. The number of carbonyl (C=O) groups excluding carboxylic acids is 1. The molecular formula is C10H10N2O2. The van der Waals surface area contributed by atoms with Gasteiger partial charge in [0.15, 0.2) is 0 Å². The summed E-state index contributed by atoms with van der Waals surface area (Å²) in [7, 11) is 1.38. The van der Waals surface area contributed by atoms with Crippen molar-refractivity contribution in [1.29, 1.82) is 0 Å². The number of methoxy groups -OCH3 is 1. The van der Waals surface area contributed by atoms with Gasteiger partial charge in [-0.25, -0.2) is 4.98 Å². The zero-order chi connectivity index (χ0) is 9.97. The van der Waals surface area contributed by atoms with Crippen LogP contribution < -0.4 is 0 Å². The molecule has 0 aliphatic heterocycles. The first-order chi connectivity index (χ1) is 6.81. The molecule has 0 spiro atoms. The molecule has 0 fully saturated rings. The minimum absolute atomic E-state index is 0.219. The van der Waals surface area contributed by atoms with E-state index >= 15 is 0 Å². The fraction of sp³-hybridized carbons (Fsp3) is 0.200. The molecule has 72 valence electrons. The summed E-state index contributed by atoms with van der Waals surface area (Å²) in [5, 5.41) is 0. The molecule has 0 amide bonds. The van der Waals surface area contributed by atoms with Gasteiger partial charge in [-0.15, -0.1) is 0 Å². The summed E-state index contributed by atoms with van der Waals surface area (Å²) in [4.78, 5) is 15.2. The van der Waals surface area contributed by atoms with E-state index in [1.54, 1.807) is 6.33 Å². The Morgan fingerprint density at radius 3 is 3.21 bits per heavy atom. The lowest BCUT2D eigenvalue weighted by atomic mass is 10.2. The molecule has 0 bridgehead atoms. The smallest absolute Gasteiger partial charge is 0.311 e. The Kier molecular flexibility index (Phi) is 2.18. The Bertz CT molecular complexity index is 462. The van der Waals surface area contributed by atoms with Gasteiger partial charge in [0.05, 0.1) is 31.1 Å². The van der Waals surface area contributed by atoms with Crippen LogP contribution in [0.5, 0.6) is 0 Å². The third kappa shape index (κ3) is 1.46. The summed E-state index contributed by atoms with van der Waals surface area (Å²) < 4.78 is 6.46. The number of pyridine rings is 1. The molecule has 0 saturated carbocycles. The molecule has 14 heavy (non-hydrogen) atoms. The molecule has 4 nitrogen and oxygen atoms in total. The Balaban J connectivity index is 2.38. The fourth-order valence-corrected chi connectivity index (χ4v) is 1.34. The average molecular weight is 190 g/mol. The standard InChI is InChI=1S/C10H10N2O2/c1-14-10(13)6-8-9-4-2-3-5-12(9)7-11-8/h2-5,7H,6H2,1H3. The van der Waals surface area contributed by atoms with Crippen LogP contribution in [0.4, 0.5) is 0 Å². The molecule has 0 saturated heterocycles. The van der Waals surface area contributed by atoms with Crippen LogP contribution in [-0.2, 0) is 16.0 Å². The molecule has 2 aromatic rings. The first-order valence-corrected chi connectivity index (χ1v) is 4.28. The number of esters is 1. The molecule has 0 N–H and O–H groups in total. The van der Waals surface area contributed by atoms with Crippen molar-refractivity contribution in [3.05, 3.63) is 36.4 Å². The maximum atomic E-state index is 11.1. The minimum atomic E-state index is -0.269. The lowest BCUT2D eigenvalue weighted by molar-refractivity contribution is -0.139. The van der Waals surface area contributed by atoms with E-state index in [4.69, 9.17) is 0 Å². The van der Waals surface area contributed by atoms with Gasteiger partial charge in [-0.1, -0.05) is 6.07 Å². The predicted molar refractivity (Wildman–Crippen MR) is 50.9 cm³/mol. The topological polar surface area (TPSA) is 43.6 Å². The van der Waals surface area contributed by atoms with Crippen LogP contribution in [0, 0.1) is 0 Å². The highest BCUT2D eigenvalue weighted by atomic mass is 16.5. The van der Waals surface area contributed by atoms with Gasteiger partial charge in [0, 0.05) is 6.20 Å². The second kappa shape index (κ2) is 3.49. The van der Waals surface area contributed by atoms with Crippen LogP contribution in [-0.4, -0.2) is 22.5 Å². The van der Waals surface area contributed by atoms with E-state index in [1.165, 1.54) is 7.11 Å². The monoisotopic (exact) mass is 190 g/mol. The number of hydrogen-bond donors (Lipinski definition) is 0. The van der Waals surface area contributed by atoms with Crippen molar-refractivity contribution < 1.29 is 9.53 Å². The van der Waals surface area contributed by atoms with Gasteiger partial charge in [0.1, 0.15) is 0 Å². The molecule has 0 atom stereocenters. The second-order valence-electron chi connectivity index (χ2n) is 2.94. The Labute approximate surface area is 81.1 Å². The number of rotatable bonds is 2. The number of hydrogen-bond acceptors (Lipinski definition) is 3. The van der Waals surface area contributed by atoms with Gasteiger partial charge in [0.2, 0.25) is 0 Å². The average Bonchev–Trinajstić information content (AvgIpc) is 2.62. The van der Waals surface area contributed by atoms with Crippen LogP contribution in [0.1, 0.15) is 5.69 Å². The zero-order valence-corrected chi connectivity index (χ0v) is 7.80. The third-order valence-corrected chi connectivity index (χ3v) is 2.06. The number of nitrogens with zero attached hydrogens (tertiary/aromatic N) is 2. The normalized spacial score (nSPS) is 10.4. The minimum Gasteiger partial charge on any atom is -0.469 e. The van der Waals surface area contributed by atoms with Gasteiger partial charge >= 0.3 is 5.97 Å². The molecule has 0 aromatic carbocycles. The van der Waals surface area contributed by atoms with Gasteiger partial charge in [-0.3, -0.25) is 4.79 Å². The number of carbonyl (C=O) groups is 1. The van der Waals surface area contributed by atoms with Gasteiger partial charge < -0.3 is 9.14 Å². The Hall–Kier alpha value is -1.84. The first kappa shape index (κ1) is 8.74. The van der Waals surface area contributed by atoms with Crippen molar-refractivity contribution in [3.63, 3.8) is 0 Å². The van der Waals surface area contributed by atoms with Crippen molar-refractivity contribution in [2.75, 3.05) is 7.11 Å². The molecule has 0 radical (unpaired) electrons. The highest BCUT2D eigenvalue weighted by Gasteiger charge is 2.08. The van der Waals surface area contributed by atoms with Crippen molar-refractivity contribution in [2.24, 2.45) is 0 Å². The van der Waals surface area contributed by atoms with Crippen LogP contribution in [0.25, 0.3) is 5.52 Å². The molecule has 2 rings (SSSR count). The Morgan fingerprint density at radius 2 is 2.43 bits per heavy atom. The maximum absolute atomic E-state index is 11.1. The van der Waals surface area contributed by atoms with Gasteiger partial charge in [0.25, 0.3) is 0 Å². The summed E-state index contributed by atoms with van der Waals surface area (Å²) in [6.45, 7) is 0. The molecule has 0 aliphatic carbocycles. The van der Waals surface area contributed by atoms with Crippen molar-refractivity contribution in [2.45, 2.75) is 6.42 Å². The van der Waals surface area contributed by atoms with Crippen LogP contribution in [0.3, 0.4) is 0 Å². The molecular weight excluding hydrogens is 180 g/mol.